The second-order valence-electron chi connectivity index (χ2n) is 7.80. The van der Waals surface area contributed by atoms with Crippen molar-refractivity contribution in [1.29, 1.82) is 0 Å². The number of rotatable bonds is 6. The molecule has 4 rings (SSSR count). The van der Waals surface area contributed by atoms with E-state index in [1.165, 1.54) is 0 Å². The lowest BCUT2D eigenvalue weighted by Gasteiger charge is -2.19. The summed E-state index contributed by atoms with van der Waals surface area (Å²) in [6, 6.07) is 30.2. The molecule has 0 aliphatic rings. The van der Waals surface area contributed by atoms with E-state index < -0.39 is 0 Å². The molecule has 0 saturated carbocycles. The summed E-state index contributed by atoms with van der Waals surface area (Å²) in [6.45, 7) is 4.55. The van der Waals surface area contributed by atoms with Crippen LogP contribution in [-0.2, 0) is 12.1 Å². The Morgan fingerprint density at radius 3 is 2.17 bits per heavy atom. The van der Waals surface area contributed by atoms with Crippen LogP contribution in [0.25, 0.3) is 10.8 Å². The highest BCUT2D eigenvalue weighted by atomic mass is 16.5. The standard InChI is InChI=1S/C26H25NO2/c1-26(2,27)22-13-11-21-16-25(14-12-20(21)15-22)29-24-10-6-9-23(17-24)28-18-19-7-4-3-5-8-19/h3-17H,18,27H2,1-2H3. The molecule has 0 heterocycles. The third kappa shape index (κ3) is 4.76. The summed E-state index contributed by atoms with van der Waals surface area (Å²) >= 11 is 0. The fourth-order valence-corrected chi connectivity index (χ4v) is 3.19. The summed E-state index contributed by atoms with van der Waals surface area (Å²) in [4.78, 5) is 0. The molecular formula is C26H25NO2. The molecule has 0 unspecified atom stereocenters. The quantitative estimate of drug-likeness (QED) is 0.419. The second kappa shape index (κ2) is 7.98. The van der Waals surface area contributed by atoms with Gasteiger partial charge < -0.3 is 15.2 Å². The van der Waals surface area contributed by atoms with Crippen molar-refractivity contribution >= 4 is 10.8 Å². The lowest BCUT2D eigenvalue weighted by Crippen LogP contribution is -2.28. The van der Waals surface area contributed by atoms with Crippen molar-refractivity contribution in [2.24, 2.45) is 5.73 Å². The largest absolute Gasteiger partial charge is 0.489 e. The lowest BCUT2D eigenvalue weighted by atomic mass is 9.93. The van der Waals surface area contributed by atoms with E-state index in [0.29, 0.717) is 6.61 Å². The van der Waals surface area contributed by atoms with Gasteiger partial charge in [0.05, 0.1) is 0 Å². The Hall–Kier alpha value is -3.30. The summed E-state index contributed by atoms with van der Waals surface area (Å²) < 4.78 is 12.0. The molecule has 0 aliphatic carbocycles. The van der Waals surface area contributed by atoms with E-state index in [0.717, 1.165) is 39.1 Å². The number of ether oxygens (including phenoxy) is 2. The third-order valence-corrected chi connectivity index (χ3v) is 4.85. The predicted molar refractivity (Wildman–Crippen MR) is 118 cm³/mol. The molecule has 0 aromatic heterocycles. The van der Waals surface area contributed by atoms with Crippen LogP contribution < -0.4 is 15.2 Å². The van der Waals surface area contributed by atoms with Crippen LogP contribution in [0.2, 0.25) is 0 Å². The van der Waals surface area contributed by atoms with Gasteiger partial charge in [-0.05, 0) is 66.1 Å². The topological polar surface area (TPSA) is 44.5 Å². The minimum Gasteiger partial charge on any atom is -0.489 e. The molecule has 3 heteroatoms. The van der Waals surface area contributed by atoms with Gasteiger partial charge in [0, 0.05) is 11.6 Å². The maximum atomic E-state index is 6.22. The first-order valence-corrected chi connectivity index (χ1v) is 9.75. The molecular weight excluding hydrogens is 358 g/mol. The van der Waals surface area contributed by atoms with Gasteiger partial charge in [0.15, 0.2) is 0 Å². The van der Waals surface area contributed by atoms with E-state index in [4.69, 9.17) is 15.2 Å². The first kappa shape index (κ1) is 19.0. The molecule has 2 N–H and O–H groups in total. The Labute approximate surface area is 171 Å². The summed E-state index contributed by atoms with van der Waals surface area (Å²) in [5.41, 5.74) is 8.11. The van der Waals surface area contributed by atoms with Gasteiger partial charge in [-0.1, -0.05) is 54.6 Å². The van der Waals surface area contributed by atoms with E-state index in [1.807, 2.05) is 80.6 Å². The third-order valence-electron chi connectivity index (χ3n) is 4.85. The summed E-state index contributed by atoms with van der Waals surface area (Å²) in [5.74, 6) is 2.31. The van der Waals surface area contributed by atoms with Crippen LogP contribution in [0, 0.1) is 0 Å². The molecule has 0 aliphatic heterocycles. The smallest absolute Gasteiger partial charge is 0.131 e. The predicted octanol–water partition coefficient (Wildman–Crippen LogP) is 6.40. The SMILES string of the molecule is CC(C)(N)c1ccc2cc(Oc3cccc(OCc4ccccc4)c3)ccc2c1. The van der Waals surface area contributed by atoms with Gasteiger partial charge in [-0.25, -0.2) is 0 Å². The van der Waals surface area contributed by atoms with Gasteiger partial charge in [-0.2, -0.15) is 0 Å². The molecule has 4 aromatic rings. The minimum absolute atomic E-state index is 0.358. The monoisotopic (exact) mass is 383 g/mol. The van der Waals surface area contributed by atoms with Gasteiger partial charge in [0.25, 0.3) is 0 Å². The van der Waals surface area contributed by atoms with Crippen molar-refractivity contribution in [3.05, 3.63) is 102 Å². The van der Waals surface area contributed by atoms with E-state index in [2.05, 4.69) is 24.3 Å². The molecule has 0 bridgehead atoms. The number of benzene rings is 4. The Morgan fingerprint density at radius 1 is 0.690 bits per heavy atom. The average Bonchev–Trinajstić information content (AvgIpc) is 2.72. The number of nitrogens with two attached hydrogens (primary N) is 1. The Kier molecular flexibility index (Phi) is 5.24. The Bertz CT molecular complexity index is 1110. The summed E-state index contributed by atoms with van der Waals surface area (Å²) in [5, 5.41) is 2.26. The van der Waals surface area contributed by atoms with E-state index in [9.17, 15) is 0 Å². The first-order chi connectivity index (χ1) is 14.0. The first-order valence-electron chi connectivity index (χ1n) is 9.75. The fourth-order valence-electron chi connectivity index (χ4n) is 3.19. The molecule has 4 aromatic carbocycles. The fraction of sp³-hybridized carbons (Fsp3) is 0.154. The van der Waals surface area contributed by atoms with Gasteiger partial charge in [0.2, 0.25) is 0 Å². The van der Waals surface area contributed by atoms with Crippen LogP contribution in [0.4, 0.5) is 0 Å². The summed E-state index contributed by atoms with van der Waals surface area (Å²) in [7, 11) is 0. The molecule has 0 saturated heterocycles. The van der Waals surface area contributed by atoms with Crippen LogP contribution in [0.5, 0.6) is 17.2 Å². The molecule has 0 atom stereocenters. The molecule has 3 nitrogen and oxygen atoms in total. The number of fused-ring (bicyclic) bond motifs is 1. The maximum absolute atomic E-state index is 6.22. The highest BCUT2D eigenvalue weighted by molar-refractivity contribution is 5.84. The normalized spacial score (nSPS) is 11.4. The van der Waals surface area contributed by atoms with Crippen LogP contribution in [0.3, 0.4) is 0 Å². The van der Waals surface area contributed by atoms with Crippen molar-refractivity contribution in [3.63, 3.8) is 0 Å². The van der Waals surface area contributed by atoms with Gasteiger partial charge >= 0.3 is 0 Å². The summed E-state index contributed by atoms with van der Waals surface area (Å²) in [6.07, 6.45) is 0. The van der Waals surface area contributed by atoms with Crippen molar-refractivity contribution in [1.82, 2.24) is 0 Å². The van der Waals surface area contributed by atoms with Gasteiger partial charge in [0.1, 0.15) is 23.9 Å². The second-order valence-corrected chi connectivity index (χ2v) is 7.80. The van der Waals surface area contributed by atoms with Crippen molar-refractivity contribution in [2.45, 2.75) is 26.0 Å². The highest BCUT2D eigenvalue weighted by Gasteiger charge is 2.14. The van der Waals surface area contributed by atoms with E-state index in [-0.39, 0.29) is 5.54 Å². The molecule has 146 valence electrons. The van der Waals surface area contributed by atoms with E-state index >= 15 is 0 Å². The Morgan fingerprint density at radius 2 is 1.38 bits per heavy atom. The van der Waals surface area contributed by atoms with Crippen LogP contribution in [-0.4, -0.2) is 0 Å². The van der Waals surface area contributed by atoms with Gasteiger partial charge in [-0.15, -0.1) is 0 Å². The zero-order valence-corrected chi connectivity index (χ0v) is 16.8. The number of hydrogen-bond donors (Lipinski definition) is 1. The lowest BCUT2D eigenvalue weighted by molar-refractivity contribution is 0.304. The minimum atomic E-state index is -0.358. The van der Waals surface area contributed by atoms with E-state index in [1.54, 1.807) is 0 Å². The molecule has 0 radical (unpaired) electrons. The van der Waals surface area contributed by atoms with Crippen LogP contribution in [0.15, 0.2) is 91.0 Å². The Balaban J connectivity index is 1.49. The van der Waals surface area contributed by atoms with Crippen molar-refractivity contribution in [3.8, 4) is 17.2 Å². The maximum Gasteiger partial charge on any atom is 0.131 e. The number of hydrogen-bond acceptors (Lipinski definition) is 3. The molecule has 29 heavy (non-hydrogen) atoms. The molecule has 0 spiro atoms. The van der Waals surface area contributed by atoms with Crippen LogP contribution in [0.1, 0.15) is 25.0 Å². The van der Waals surface area contributed by atoms with Crippen LogP contribution >= 0.6 is 0 Å². The molecule has 0 fully saturated rings. The highest BCUT2D eigenvalue weighted by Crippen LogP contribution is 2.30. The van der Waals surface area contributed by atoms with Crippen molar-refractivity contribution < 1.29 is 9.47 Å². The van der Waals surface area contributed by atoms with Crippen molar-refractivity contribution in [2.75, 3.05) is 0 Å². The average molecular weight is 383 g/mol. The molecule has 0 amide bonds. The zero-order valence-electron chi connectivity index (χ0n) is 16.8. The zero-order chi connectivity index (χ0) is 20.3. The van der Waals surface area contributed by atoms with Gasteiger partial charge in [-0.3, -0.25) is 0 Å².